The first-order valence-electron chi connectivity index (χ1n) is 10.6. The fraction of sp³-hybridized carbons (Fsp3) is 0.375. The molecule has 1 heterocycles. The Balaban J connectivity index is 1.47. The predicted molar refractivity (Wildman–Crippen MR) is 126 cm³/mol. The Bertz CT molecular complexity index is 1020. The predicted octanol–water partition coefficient (Wildman–Crippen LogP) is 6.39. The third-order valence-corrected chi connectivity index (χ3v) is 6.04. The third-order valence-electron chi connectivity index (χ3n) is 5.60. The second-order valence-corrected chi connectivity index (χ2v) is 9.05. The molecule has 0 spiro atoms. The number of rotatable bonds is 9. The summed E-state index contributed by atoms with van der Waals surface area (Å²) >= 11 is 12.1. The summed E-state index contributed by atoms with van der Waals surface area (Å²) in [6, 6.07) is 10.8. The summed E-state index contributed by atoms with van der Waals surface area (Å²) in [5, 5.41) is 5.00. The lowest BCUT2D eigenvalue weighted by Gasteiger charge is -2.21. The number of benzene rings is 2. The number of halogens is 2. The van der Waals surface area contributed by atoms with E-state index in [1.807, 2.05) is 18.2 Å². The van der Waals surface area contributed by atoms with Gasteiger partial charge in [0.05, 0.1) is 0 Å². The number of anilines is 1. The minimum absolute atomic E-state index is 0.227. The van der Waals surface area contributed by atoms with Gasteiger partial charge in [-0.1, -0.05) is 30.1 Å². The smallest absolute Gasteiger partial charge is 0.255 e. The van der Waals surface area contributed by atoms with Gasteiger partial charge in [0.2, 0.25) is 0 Å². The van der Waals surface area contributed by atoms with Gasteiger partial charge < -0.3 is 15.2 Å². The maximum absolute atomic E-state index is 12.6. The summed E-state index contributed by atoms with van der Waals surface area (Å²) in [6.45, 7) is 5.69. The van der Waals surface area contributed by atoms with Gasteiger partial charge in [0, 0.05) is 51.5 Å². The Kier molecular flexibility index (Phi) is 6.67. The van der Waals surface area contributed by atoms with Crippen molar-refractivity contribution in [2.45, 2.75) is 32.6 Å². The second kappa shape index (κ2) is 9.42. The van der Waals surface area contributed by atoms with E-state index in [1.165, 1.54) is 31.4 Å². The lowest BCUT2D eigenvalue weighted by molar-refractivity contribution is 0.102. The quantitative estimate of drug-likeness (QED) is 0.402. The van der Waals surface area contributed by atoms with E-state index in [9.17, 15) is 4.79 Å². The topological polar surface area (TPSA) is 48.1 Å². The van der Waals surface area contributed by atoms with Crippen molar-refractivity contribution in [3.05, 3.63) is 63.8 Å². The number of carbonyl (C=O) groups excluding carboxylic acids is 1. The van der Waals surface area contributed by atoms with E-state index < -0.39 is 0 Å². The molecule has 1 aliphatic carbocycles. The average Bonchev–Trinajstić information content (AvgIpc) is 3.43. The molecule has 6 heteroatoms. The Labute approximate surface area is 187 Å². The van der Waals surface area contributed by atoms with Crippen LogP contribution < -0.4 is 5.32 Å². The van der Waals surface area contributed by atoms with Crippen LogP contribution in [0.3, 0.4) is 0 Å². The molecule has 4 rings (SSSR count). The number of aromatic nitrogens is 1. The molecule has 1 aliphatic rings. The summed E-state index contributed by atoms with van der Waals surface area (Å²) in [7, 11) is 0. The summed E-state index contributed by atoms with van der Waals surface area (Å²) in [6.07, 6.45) is 7.04. The molecule has 3 aromatic rings. The molecular formula is C24H27Cl2N3O. The standard InChI is InChI=1S/C24H27Cl2N3O/c1-2-8-29(15-16-3-4-16)9-7-17-14-27-23-6-5-21(13-22(17)23)28-24(30)18-10-19(25)12-20(26)11-18/h5-6,10-14,16,27H,2-4,7-9,15H2,1H3,(H,28,30). The molecule has 158 valence electrons. The van der Waals surface area contributed by atoms with Gasteiger partial charge in [0.1, 0.15) is 0 Å². The molecule has 4 nitrogen and oxygen atoms in total. The van der Waals surface area contributed by atoms with Gasteiger partial charge in [-0.2, -0.15) is 0 Å². The SMILES string of the molecule is CCCN(CCc1c[nH]c2ccc(NC(=O)c3cc(Cl)cc(Cl)c3)cc12)CC1CC1. The number of nitrogens with one attached hydrogen (secondary N) is 2. The molecule has 1 fully saturated rings. The normalized spacial score (nSPS) is 13.9. The summed E-state index contributed by atoms with van der Waals surface area (Å²) in [5.41, 5.74) is 3.56. The number of aromatic amines is 1. The van der Waals surface area contributed by atoms with Crippen LogP contribution >= 0.6 is 23.2 Å². The van der Waals surface area contributed by atoms with Gasteiger partial charge in [0.15, 0.2) is 0 Å². The Morgan fingerprint density at radius 1 is 1.13 bits per heavy atom. The van der Waals surface area contributed by atoms with Crippen molar-refractivity contribution in [1.82, 2.24) is 9.88 Å². The first kappa shape index (κ1) is 21.2. The highest BCUT2D eigenvalue weighted by Gasteiger charge is 2.23. The molecule has 0 atom stereocenters. The van der Waals surface area contributed by atoms with Gasteiger partial charge >= 0.3 is 0 Å². The molecule has 0 unspecified atom stereocenters. The molecule has 30 heavy (non-hydrogen) atoms. The molecule has 0 radical (unpaired) electrons. The van der Waals surface area contributed by atoms with Crippen molar-refractivity contribution < 1.29 is 4.79 Å². The van der Waals surface area contributed by atoms with E-state index in [0.717, 1.165) is 42.0 Å². The van der Waals surface area contributed by atoms with Crippen LogP contribution in [0.2, 0.25) is 10.0 Å². The summed E-state index contributed by atoms with van der Waals surface area (Å²) in [5.74, 6) is 0.677. The third kappa shape index (κ3) is 5.37. The highest BCUT2D eigenvalue weighted by atomic mass is 35.5. The molecule has 0 bridgehead atoms. The minimum atomic E-state index is -0.227. The van der Waals surface area contributed by atoms with E-state index in [1.54, 1.807) is 18.2 Å². The Hall–Kier alpha value is -2.01. The monoisotopic (exact) mass is 443 g/mol. The molecular weight excluding hydrogens is 417 g/mol. The molecule has 0 aliphatic heterocycles. The van der Waals surface area contributed by atoms with Crippen LogP contribution in [0.25, 0.3) is 10.9 Å². The van der Waals surface area contributed by atoms with Crippen LogP contribution in [0, 0.1) is 5.92 Å². The van der Waals surface area contributed by atoms with Gasteiger partial charge in [-0.25, -0.2) is 0 Å². The van der Waals surface area contributed by atoms with E-state index in [2.05, 4.69) is 28.3 Å². The Morgan fingerprint density at radius 2 is 1.90 bits per heavy atom. The highest BCUT2D eigenvalue weighted by molar-refractivity contribution is 6.35. The average molecular weight is 444 g/mol. The van der Waals surface area contributed by atoms with Crippen LogP contribution in [0.4, 0.5) is 5.69 Å². The number of fused-ring (bicyclic) bond motifs is 1. The first-order valence-corrected chi connectivity index (χ1v) is 11.4. The fourth-order valence-electron chi connectivity index (χ4n) is 3.91. The zero-order valence-corrected chi connectivity index (χ0v) is 18.7. The van der Waals surface area contributed by atoms with Crippen molar-refractivity contribution in [3.63, 3.8) is 0 Å². The lowest BCUT2D eigenvalue weighted by Crippen LogP contribution is -2.29. The van der Waals surface area contributed by atoms with E-state index in [-0.39, 0.29) is 5.91 Å². The van der Waals surface area contributed by atoms with Crippen LogP contribution in [-0.4, -0.2) is 35.4 Å². The Morgan fingerprint density at radius 3 is 2.60 bits per heavy atom. The minimum Gasteiger partial charge on any atom is -0.361 e. The molecule has 1 saturated carbocycles. The van der Waals surface area contributed by atoms with Gasteiger partial charge in [-0.05, 0) is 80.1 Å². The second-order valence-electron chi connectivity index (χ2n) is 8.18. The molecule has 2 aromatic carbocycles. The number of amides is 1. The van der Waals surface area contributed by atoms with Crippen molar-refractivity contribution in [1.29, 1.82) is 0 Å². The van der Waals surface area contributed by atoms with Crippen molar-refractivity contribution in [2.75, 3.05) is 25.0 Å². The number of carbonyl (C=O) groups is 1. The largest absolute Gasteiger partial charge is 0.361 e. The first-order chi connectivity index (χ1) is 14.5. The van der Waals surface area contributed by atoms with Gasteiger partial charge in [0.25, 0.3) is 5.91 Å². The molecule has 2 N–H and O–H groups in total. The van der Waals surface area contributed by atoms with E-state index in [0.29, 0.717) is 15.6 Å². The number of hydrogen-bond donors (Lipinski definition) is 2. The van der Waals surface area contributed by atoms with Crippen molar-refractivity contribution in [3.8, 4) is 0 Å². The van der Waals surface area contributed by atoms with Crippen LogP contribution in [0.5, 0.6) is 0 Å². The van der Waals surface area contributed by atoms with Crippen LogP contribution in [0.15, 0.2) is 42.6 Å². The van der Waals surface area contributed by atoms with Gasteiger partial charge in [-0.3, -0.25) is 4.79 Å². The number of H-pyrrole nitrogens is 1. The maximum Gasteiger partial charge on any atom is 0.255 e. The lowest BCUT2D eigenvalue weighted by atomic mass is 10.1. The summed E-state index contributed by atoms with van der Waals surface area (Å²) in [4.78, 5) is 18.6. The van der Waals surface area contributed by atoms with Crippen molar-refractivity contribution in [2.24, 2.45) is 5.92 Å². The van der Waals surface area contributed by atoms with Crippen molar-refractivity contribution >= 4 is 45.7 Å². The fourth-order valence-corrected chi connectivity index (χ4v) is 4.43. The zero-order valence-electron chi connectivity index (χ0n) is 17.2. The maximum atomic E-state index is 12.6. The van der Waals surface area contributed by atoms with E-state index >= 15 is 0 Å². The molecule has 1 amide bonds. The van der Waals surface area contributed by atoms with Crippen LogP contribution in [0.1, 0.15) is 42.1 Å². The highest BCUT2D eigenvalue weighted by Crippen LogP contribution is 2.30. The summed E-state index contributed by atoms with van der Waals surface area (Å²) < 4.78 is 0. The number of nitrogens with zero attached hydrogens (tertiary/aromatic N) is 1. The molecule has 1 aromatic heterocycles. The van der Waals surface area contributed by atoms with Crippen LogP contribution in [-0.2, 0) is 6.42 Å². The van der Waals surface area contributed by atoms with Gasteiger partial charge in [-0.15, -0.1) is 0 Å². The number of hydrogen-bond acceptors (Lipinski definition) is 2. The molecule has 0 saturated heterocycles. The zero-order chi connectivity index (χ0) is 21.1. The van der Waals surface area contributed by atoms with E-state index in [4.69, 9.17) is 23.2 Å².